The van der Waals surface area contributed by atoms with Gasteiger partial charge in [0.25, 0.3) is 0 Å². The molecule has 100 valence electrons. The molecule has 0 saturated heterocycles. The summed E-state index contributed by atoms with van der Waals surface area (Å²) in [5.41, 5.74) is 2.82. The molecular weight excluding hydrogens is 220 g/mol. The van der Waals surface area contributed by atoms with Gasteiger partial charge >= 0.3 is 0 Å². The molecule has 0 fully saturated rings. The number of unbranched alkanes of at least 4 members (excludes halogenated alkanes) is 1. The number of aryl methyl sites for hydroxylation is 1. The van der Waals surface area contributed by atoms with Gasteiger partial charge < -0.3 is 5.32 Å². The lowest BCUT2D eigenvalue weighted by molar-refractivity contribution is 0.364. The monoisotopic (exact) mass is 246 g/mol. The number of hydrogen-bond acceptors (Lipinski definition) is 2. The van der Waals surface area contributed by atoms with E-state index < -0.39 is 0 Å². The minimum atomic E-state index is 0.555. The Bertz CT molecular complexity index is 373. The highest BCUT2D eigenvalue weighted by atomic mass is 15.0. The van der Waals surface area contributed by atoms with Crippen LogP contribution < -0.4 is 5.32 Å². The van der Waals surface area contributed by atoms with Crippen LogP contribution in [0.1, 0.15) is 63.6 Å². The Morgan fingerprint density at radius 2 is 2.28 bits per heavy atom. The Kier molecular flexibility index (Phi) is 4.76. The fraction of sp³-hybridized carbons (Fsp3) is 0.688. The van der Waals surface area contributed by atoms with E-state index in [1.165, 1.54) is 43.4 Å². The molecule has 1 heterocycles. The largest absolute Gasteiger partial charge is 0.311 e. The zero-order valence-electron chi connectivity index (χ0n) is 11.9. The van der Waals surface area contributed by atoms with Crippen molar-refractivity contribution in [3.05, 3.63) is 29.6 Å². The third-order valence-electron chi connectivity index (χ3n) is 3.90. The molecule has 18 heavy (non-hydrogen) atoms. The summed E-state index contributed by atoms with van der Waals surface area (Å²) in [5.74, 6) is 0.621. The first-order chi connectivity index (χ1) is 8.72. The van der Waals surface area contributed by atoms with Gasteiger partial charge in [0.15, 0.2) is 0 Å². The number of aromatic nitrogens is 1. The Morgan fingerprint density at radius 3 is 3.00 bits per heavy atom. The summed E-state index contributed by atoms with van der Waals surface area (Å²) in [5, 5.41) is 3.76. The Morgan fingerprint density at radius 1 is 1.44 bits per heavy atom. The SMILES string of the molecule is CCCCC(NC(C)C)C1CCc2cccnc21. The molecule has 2 unspecified atom stereocenters. The molecule has 0 radical (unpaired) electrons. The van der Waals surface area contributed by atoms with Crippen molar-refractivity contribution in [2.75, 3.05) is 0 Å². The van der Waals surface area contributed by atoms with Gasteiger partial charge in [0.05, 0.1) is 0 Å². The van der Waals surface area contributed by atoms with Crippen LogP contribution in [0.15, 0.2) is 18.3 Å². The van der Waals surface area contributed by atoms with Crippen LogP contribution >= 0.6 is 0 Å². The van der Waals surface area contributed by atoms with E-state index in [1.807, 2.05) is 6.20 Å². The highest BCUT2D eigenvalue weighted by Crippen LogP contribution is 2.35. The van der Waals surface area contributed by atoms with E-state index in [2.05, 4.69) is 43.2 Å². The molecule has 0 bridgehead atoms. The van der Waals surface area contributed by atoms with E-state index in [0.717, 1.165) is 0 Å². The molecule has 2 heteroatoms. The first-order valence-electron chi connectivity index (χ1n) is 7.42. The second kappa shape index (κ2) is 6.33. The molecule has 2 nitrogen and oxygen atoms in total. The quantitative estimate of drug-likeness (QED) is 0.828. The Hall–Kier alpha value is -0.890. The van der Waals surface area contributed by atoms with Gasteiger partial charge in [-0.2, -0.15) is 0 Å². The third kappa shape index (κ3) is 3.11. The zero-order valence-corrected chi connectivity index (χ0v) is 11.9. The van der Waals surface area contributed by atoms with Crippen LogP contribution in [0.2, 0.25) is 0 Å². The fourth-order valence-corrected chi connectivity index (χ4v) is 3.09. The van der Waals surface area contributed by atoms with E-state index in [4.69, 9.17) is 0 Å². The molecule has 1 aliphatic rings. The van der Waals surface area contributed by atoms with Crippen molar-refractivity contribution in [1.29, 1.82) is 0 Å². The minimum absolute atomic E-state index is 0.555. The van der Waals surface area contributed by atoms with E-state index in [1.54, 1.807) is 0 Å². The number of fused-ring (bicyclic) bond motifs is 1. The zero-order chi connectivity index (χ0) is 13.0. The second-order valence-electron chi connectivity index (χ2n) is 5.76. The summed E-state index contributed by atoms with van der Waals surface area (Å²) in [7, 11) is 0. The predicted molar refractivity (Wildman–Crippen MR) is 76.9 cm³/mol. The number of rotatable bonds is 6. The van der Waals surface area contributed by atoms with E-state index in [-0.39, 0.29) is 0 Å². The van der Waals surface area contributed by atoms with Crippen LogP contribution in [0.25, 0.3) is 0 Å². The lowest BCUT2D eigenvalue weighted by Crippen LogP contribution is -2.39. The van der Waals surface area contributed by atoms with Crippen LogP contribution in [-0.4, -0.2) is 17.1 Å². The molecule has 0 saturated carbocycles. The van der Waals surface area contributed by atoms with Crippen LogP contribution in [0.4, 0.5) is 0 Å². The maximum Gasteiger partial charge on any atom is 0.0482 e. The summed E-state index contributed by atoms with van der Waals surface area (Å²) >= 11 is 0. The molecule has 2 rings (SSSR count). The van der Waals surface area contributed by atoms with Crippen molar-refractivity contribution in [2.24, 2.45) is 0 Å². The predicted octanol–water partition coefficient (Wildman–Crippen LogP) is 3.67. The summed E-state index contributed by atoms with van der Waals surface area (Å²) in [6.07, 6.45) is 8.27. The van der Waals surface area contributed by atoms with Gasteiger partial charge in [-0.15, -0.1) is 0 Å². The summed E-state index contributed by atoms with van der Waals surface area (Å²) < 4.78 is 0. The molecule has 1 aromatic rings. The summed E-state index contributed by atoms with van der Waals surface area (Å²) in [4.78, 5) is 4.64. The van der Waals surface area contributed by atoms with Crippen LogP contribution in [0.5, 0.6) is 0 Å². The normalized spacial score (nSPS) is 20.1. The van der Waals surface area contributed by atoms with Gasteiger partial charge in [-0.05, 0) is 30.9 Å². The van der Waals surface area contributed by atoms with Crippen LogP contribution in [-0.2, 0) is 6.42 Å². The fourth-order valence-electron chi connectivity index (χ4n) is 3.09. The smallest absolute Gasteiger partial charge is 0.0482 e. The van der Waals surface area contributed by atoms with Crippen molar-refractivity contribution in [3.8, 4) is 0 Å². The first kappa shape index (κ1) is 13.5. The number of nitrogens with zero attached hydrogens (tertiary/aromatic N) is 1. The molecule has 2 atom stereocenters. The lowest BCUT2D eigenvalue weighted by Gasteiger charge is -2.27. The standard InChI is InChI=1S/C16H26N2/c1-4-5-8-15(18-12(2)3)14-10-9-13-7-6-11-17-16(13)14/h6-7,11-12,14-15,18H,4-5,8-10H2,1-3H3. The summed E-state index contributed by atoms with van der Waals surface area (Å²) in [6, 6.07) is 5.47. The molecule has 1 N–H and O–H groups in total. The van der Waals surface area contributed by atoms with Crippen molar-refractivity contribution >= 4 is 0 Å². The molecule has 0 spiro atoms. The Labute approximate surface area is 111 Å². The van der Waals surface area contributed by atoms with Crippen molar-refractivity contribution in [2.45, 2.75) is 70.9 Å². The van der Waals surface area contributed by atoms with Gasteiger partial charge in [0.1, 0.15) is 0 Å². The third-order valence-corrected chi connectivity index (χ3v) is 3.90. The van der Waals surface area contributed by atoms with Crippen molar-refractivity contribution < 1.29 is 0 Å². The van der Waals surface area contributed by atoms with Crippen LogP contribution in [0, 0.1) is 0 Å². The number of hydrogen-bond donors (Lipinski definition) is 1. The lowest BCUT2D eigenvalue weighted by atomic mass is 9.92. The van der Waals surface area contributed by atoms with E-state index in [9.17, 15) is 0 Å². The van der Waals surface area contributed by atoms with E-state index >= 15 is 0 Å². The van der Waals surface area contributed by atoms with E-state index in [0.29, 0.717) is 18.0 Å². The maximum absolute atomic E-state index is 4.64. The second-order valence-corrected chi connectivity index (χ2v) is 5.76. The van der Waals surface area contributed by atoms with Gasteiger partial charge in [-0.3, -0.25) is 4.98 Å². The molecule has 0 aromatic carbocycles. The van der Waals surface area contributed by atoms with Gasteiger partial charge in [-0.1, -0.05) is 39.7 Å². The number of nitrogens with one attached hydrogen (secondary N) is 1. The number of pyridine rings is 1. The average molecular weight is 246 g/mol. The molecule has 0 amide bonds. The minimum Gasteiger partial charge on any atom is -0.311 e. The average Bonchev–Trinajstić information content (AvgIpc) is 2.78. The molecular formula is C16H26N2. The summed E-state index contributed by atoms with van der Waals surface area (Å²) in [6.45, 7) is 6.76. The van der Waals surface area contributed by atoms with Crippen molar-refractivity contribution in [3.63, 3.8) is 0 Å². The highest BCUT2D eigenvalue weighted by molar-refractivity contribution is 5.30. The van der Waals surface area contributed by atoms with Gasteiger partial charge in [0, 0.05) is 29.9 Å². The Balaban J connectivity index is 2.11. The molecule has 0 aliphatic heterocycles. The van der Waals surface area contributed by atoms with Gasteiger partial charge in [0.2, 0.25) is 0 Å². The van der Waals surface area contributed by atoms with Crippen molar-refractivity contribution in [1.82, 2.24) is 10.3 Å². The molecule has 1 aliphatic carbocycles. The highest BCUT2D eigenvalue weighted by Gasteiger charge is 2.30. The molecule has 1 aromatic heterocycles. The maximum atomic E-state index is 4.64. The van der Waals surface area contributed by atoms with Crippen LogP contribution in [0.3, 0.4) is 0 Å². The topological polar surface area (TPSA) is 24.9 Å². The van der Waals surface area contributed by atoms with Gasteiger partial charge in [-0.25, -0.2) is 0 Å². The first-order valence-corrected chi connectivity index (χ1v) is 7.42.